The van der Waals surface area contributed by atoms with Crippen molar-refractivity contribution >= 4 is 44.1 Å². The summed E-state index contributed by atoms with van der Waals surface area (Å²) in [7, 11) is 1.90. The summed E-state index contributed by atoms with van der Waals surface area (Å²) >= 11 is 4.66. The first-order valence-electron chi connectivity index (χ1n) is 6.05. The minimum atomic E-state index is -0.305. The molecule has 20 heavy (non-hydrogen) atoms. The summed E-state index contributed by atoms with van der Waals surface area (Å²) in [4.78, 5) is 15.9. The monoisotopic (exact) mass is 354 g/mol. The molecule has 3 N–H and O–H groups in total. The van der Waals surface area contributed by atoms with Gasteiger partial charge in [-0.15, -0.1) is 0 Å². The zero-order valence-corrected chi connectivity index (χ0v) is 13.5. The molecule has 2 amide bonds. The summed E-state index contributed by atoms with van der Waals surface area (Å²) in [5.74, 6) is 0. The van der Waals surface area contributed by atoms with Gasteiger partial charge in [-0.05, 0) is 47.6 Å². The SMILES string of the molecule is CNC(C)c1cccc(NC(=O)Nc2ncc(Br)s2)c1. The molecule has 0 radical (unpaired) electrons. The number of amides is 2. The lowest BCUT2D eigenvalue weighted by molar-refractivity contribution is 0.262. The summed E-state index contributed by atoms with van der Waals surface area (Å²) in [6.45, 7) is 2.06. The normalized spacial score (nSPS) is 11.9. The lowest BCUT2D eigenvalue weighted by Crippen LogP contribution is -2.19. The van der Waals surface area contributed by atoms with E-state index >= 15 is 0 Å². The van der Waals surface area contributed by atoms with Gasteiger partial charge in [-0.1, -0.05) is 23.5 Å². The molecule has 0 spiro atoms. The van der Waals surface area contributed by atoms with Gasteiger partial charge in [0.1, 0.15) is 0 Å². The van der Waals surface area contributed by atoms with Crippen molar-refractivity contribution in [3.63, 3.8) is 0 Å². The van der Waals surface area contributed by atoms with Gasteiger partial charge in [0.2, 0.25) is 0 Å². The lowest BCUT2D eigenvalue weighted by Gasteiger charge is -2.12. The van der Waals surface area contributed by atoms with E-state index in [0.29, 0.717) is 5.13 Å². The van der Waals surface area contributed by atoms with Crippen molar-refractivity contribution in [1.82, 2.24) is 10.3 Å². The van der Waals surface area contributed by atoms with Gasteiger partial charge in [0.25, 0.3) is 0 Å². The van der Waals surface area contributed by atoms with Crippen molar-refractivity contribution in [3.05, 3.63) is 39.8 Å². The number of urea groups is 1. The number of anilines is 2. The molecule has 0 aliphatic heterocycles. The molecule has 1 aromatic carbocycles. The molecule has 1 aromatic heterocycles. The molecule has 2 rings (SSSR count). The first-order chi connectivity index (χ1) is 9.58. The highest BCUT2D eigenvalue weighted by Gasteiger charge is 2.07. The second-order valence-electron chi connectivity index (χ2n) is 4.18. The van der Waals surface area contributed by atoms with Gasteiger partial charge in [0.15, 0.2) is 5.13 Å². The third-order valence-electron chi connectivity index (χ3n) is 2.78. The van der Waals surface area contributed by atoms with Crippen LogP contribution in [0.4, 0.5) is 15.6 Å². The summed E-state index contributed by atoms with van der Waals surface area (Å²) in [6, 6.07) is 7.65. The van der Waals surface area contributed by atoms with Gasteiger partial charge >= 0.3 is 6.03 Å². The minimum Gasteiger partial charge on any atom is -0.313 e. The van der Waals surface area contributed by atoms with E-state index in [1.54, 1.807) is 6.20 Å². The van der Waals surface area contributed by atoms with E-state index < -0.39 is 0 Å². The Morgan fingerprint density at radius 2 is 2.20 bits per heavy atom. The molecule has 1 atom stereocenters. The van der Waals surface area contributed by atoms with Gasteiger partial charge < -0.3 is 10.6 Å². The number of benzene rings is 1. The maximum Gasteiger partial charge on any atom is 0.325 e. The zero-order valence-electron chi connectivity index (χ0n) is 11.1. The molecule has 0 aliphatic rings. The van der Waals surface area contributed by atoms with Crippen LogP contribution in [0, 0.1) is 0 Å². The number of nitrogens with one attached hydrogen (secondary N) is 3. The molecule has 1 heterocycles. The van der Waals surface area contributed by atoms with Crippen LogP contribution in [0.1, 0.15) is 18.5 Å². The number of hydrogen-bond acceptors (Lipinski definition) is 4. The fourth-order valence-electron chi connectivity index (χ4n) is 1.62. The van der Waals surface area contributed by atoms with Crippen LogP contribution in [0.25, 0.3) is 0 Å². The average molecular weight is 355 g/mol. The molecule has 0 saturated carbocycles. The Morgan fingerprint density at radius 3 is 2.85 bits per heavy atom. The summed E-state index contributed by atoms with van der Waals surface area (Å²) in [5, 5.41) is 9.19. The predicted molar refractivity (Wildman–Crippen MR) is 86.4 cm³/mol. The van der Waals surface area contributed by atoms with E-state index in [1.165, 1.54) is 11.3 Å². The second-order valence-corrected chi connectivity index (χ2v) is 6.59. The zero-order chi connectivity index (χ0) is 14.5. The molecule has 1 unspecified atom stereocenters. The Hall–Kier alpha value is -1.44. The van der Waals surface area contributed by atoms with Crippen LogP contribution in [0.3, 0.4) is 0 Å². The Kier molecular flexibility index (Phi) is 5.11. The maximum atomic E-state index is 11.9. The fraction of sp³-hybridized carbons (Fsp3) is 0.231. The molecule has 0 fully saturated rings. The quantitative estimate of drug-likeness (QED) is 0.781. The lowest BCUT2D eigenvalue weighted by atomic mass is 10.1. The molecule has 106 valence electrons. The third kappa shape index (κ3) is 4.03. The largest absolute Gasteiger partial charge is 0.325 e. The molecule has 2 aromatic rings. The molecule has 0 aliphatic carbocycles. The van der Waals surface area contributed by atoms with E-state index in [9.17, 15) is 4.79 Å². The highest BCUT2D eigenvalue weighted by atomic mass is 79.9. The van der Waals surface area contributed by atoms with Crippen LogP contribution in [-0.2, 0) is 0 Å². The number of carbonyl (C=O) groups excluding carboxylic acids is 1. The predicted octanol–water partition coefficient (Wildman–Crippen LogP) is 3.83. The Bertz CT molecular complexity index is 602. The molecule has 7 heteroatoms. The number of hydrogen-bond donors (Lipinski definition) is 3. The number of halogens is 1. The van der Waals surface area contributed by atoms with Crippen molar-refractivity contribution < 1.29 is 4.79 Å². The number of carbonyl (C=O) groups is 1. The second kappa shape index (κ2) is 6.83. The number of thiazole rings is 1. The third-order valence-corrected chi connectivity index (χ3v) is 4.17. The van der Waals surface area contributed by atoms with E-state index in [4.69, 9.17) is 0 Å². The van der Waals surface area contributed by atoms with Gasteiger partial charge in [-0.3, -0.25) is 5.32 Å². The van der Waals surface area contributed by atoms with Gasteiger partial charge in [-0.25, -0.2) is 9.78 Å². The Labute approximate surface area is 129 Å². The topological polar surface area (TPSA) is 66.0 Å². The highest BCUT2D eigenvalue weighted by molar-refractivity contribution is 9.11. The maximum absolute atomic E-state index is 11.9. The average Bonchev–Trinajstić information content (AvgIpc) is 2.83. The number of aromatic nitrogens is 1. The van der Waals surface area contributed by atoms with Crippen LogP contribution in [-0.4, -0.2) is 18.1 Å². The van der Waals surface area contributed by atoms with E-state index in [1.807, 2.05) is 31.3 Å². The summed E-state index contributed by atoms with van der Waals surface area (Å²) in [5.41, 5.74) is 1.86. The minimum absolute atomic E-state index is 0.231. The van der Waals surface area contributed by atoms with Gasteiger partial charge in [0, 0.05) is 11.7 Å². The fourth-order valence-corrected chi connectivity index (χ4v) is 2.73. The highest BCUT2D eigenvalue weighted by Crippen LogP contribution is 2.23. The van der Waals surface area contributed by atoms with Crippen LogP contribution in [0.2, 0.25) is 0 Å². The smallest absolute Gasteiger partial charge is 0.313 e. The number of nitrogens with zero attached hydrogens (tertiary/aromatic N) is 1. The Morgan fingerprint density at radius 1 is 1.40 bits per heavy atom. The van der Waals surface area contributed by atoms with E-state index in [0.717, 1.165) is 15.0 Å². The van der Waals surface area contributed by atoms with Crippen molar-refractivity contribution in [2.45, 2.75) is 13.0 Å². The van der Waals surface area contributed by atoms with Crippen LogP contribution >= 0.6 is 27.3 Å². The number of rotatable bonds is 4. The van der Waals surface area contributed by atoms with Crippen molar-refractivity contribution in [1.29, 1.82) is 0 Å². The van der Waals surface area contributed by atoms with Gasteiger partial charge in [-0.2, -0.15) is 0 Å². The molecule has 5 nitrogen and oxygen atoms in total. The first kappa shape index (κ1) is 15.0. The van der Waals surface area contributed by atoms with E-state index in [-0.39, 0.29) is 12.1 Å². The van der Waals surface area contributed by atoms with Gasteiger partial charge in [0.05, 0.1) is 9.98 Å². The Balaban J connectivity index is 2.00. The summed E-state index contributed by atoms with van der Waals surface area (Å²) in [6.07, 6.45) is 1.65. The molecule has 0 saturated heterocycles. The van der Waals surface area contributed by atoms with Crippen molar-refractivity contribution in [2.24, 2.45) is 0 Å². The molecule has 0 bridgehead atoms. The first-order valence-corrected chi connectivity index (χ1v) is 7.66. The standard InChI is InChI=1S/C13H15BrN4OS/c1-8(15-2)9-4-3-5-10(6-9)17-12(19)18-13-16-7-11(14)20-13/h3-8,15H,1-2H3,(H2,16,17,18,19). The molecular formula is C13H15BrN4OS. The van der Waals surface area contributed by atoms with E-state index in [2.05, 4.69) is 43.8 Å². The molecular weight excluding hydrogens is 340 g/mol. The van der Waals surface area contributed by atoms with Crippen molar-refractivity contribution in [2.75, 3.05) is 17.7 Å². The van der Waals surface area contributed by atoms with Crippen molar-refractivity contribution in [3.8, 4) is 0 Å². The van der Waals surface area contributed by atoms with Crippen LogP contribution < -0.4 is 16.0 Å². The summed E-state index contributed by atoms with van der Waals surface area (Å²) < 4.78 is 0.873. The van der Waals surface area contributed by atoms with Crippen LogP contribution in [0.15, 0.2) is 34.2 Å². The van der Waals surface area contributed by atoms with Crippen LogP contribution in [0.5, 0.6) is 0 Å².